The van der Waals surface area contributed by atoms with Gasteiger partial charge in [0.2, 0.25) is 5.91 Å². The molecule has 1 heterocycles. The van der Waals surface area contributed by atoms with E-state index in [0.29, 0.717) is 19.3 Å². The number of allylic oxidation sites excluding steroid dienone is 19. The van der Waals surface area contributed by atoms with Crippen LogP contribution in [0.1, 0.15) is 168 Å². The van der Waals surface area contributed by atoms with Crippen molar-refractivity contribution in [2.45, 2.75) is 217 Å². The molecule has 1 rings (SSSR count). The van der Waals surface area contributed by atoms with Crippen LogP contribution in [-0.2, 0) is 23.8 Å². The van der Waals surface area contributed by atoms with Gasteiger partial charge in [0.1, 0.15) is 24.4 Å². The van der Waals surface area contributed by atoms with Gasteiger partial charge in [-0.3, -0.25) is 9.59 Å². The third-order valence-corrected chi connectivity index (χ3v) is 11.6. The number of nitrogens with one attached hydrogen (secondary N) is 1. The molecule has 1 fully saturated rings. The van der Waals surface area contributed by atoms with Crippen LogP contribution in [0.25, 0.3) is 0 Å². The summed E-state index contributed by atoms with van der Waals surface area (Å²) in [6.45, 7) is 5.40. The molecular formula is C58H93NO10. The van der Waals surface area contributed by atoms with Crippen LogP contribution >= 0.6 is 0 Å². The summed E-state index contributed by atoms with van der Waals surface area (Å²) in [4.78, 5) is 26.3. The highest BCUT2D eigenvalue weighted by molar-refractivity contribution is 5.80. The summed E-state index contributed by atoms with van der Waals surface area (Å²) in [6.07, 6.45) is 51.1. The normalized spacial score (nSPS) is 20.8. The molecule has 11 heteroatoms. The van der Waals surface area contributed by atoms with Crippen LogP contribution in [0.2, 0.25) is 0 Å². The maximum atomic E-state index is 13.3. The molecule has 0 aromatic heterocycles. The summed E-state index contributed by atoms with van der Waals surface area (Å²) in [5, 5.41) is 56.6. The number of carbonyl (C=O) groups is 2. The molecule has 69 heavy (non-hydrogen) atoms. The van der Waals surface area contributed by atoms with Gasteiger partial charge in [-0.15, -0.1) is 0 Å². The molecule has 1 aliphatic rings. The third kappa shape index (κ3) is 34.1. The first-order valence-corrected chi connectivity index (χ1v) is 26.4. The second-order valence-electron chi connectivity index (χ2n) is 17.7. The van der Waals surface area contributed by atoms with Gasteiger partial charge in [-0.1, -0.05) is 226 Å². The molecule has 11 nitrogen and oxygen atoms in total. The van der Waals surface area contributed by atoms with Crippen LogP contribution in [0.4, 0.5) is 0 Å². The first-order chi connectivity index (χ1) is 33.7. The largest absolute Gasteiger partial charge is 0.454 e. The predicted molar refractivity (Wildman–Crippen MR) is 282 cm³/mol. The van der Waals surface area contributed by atoms with E-state index in [4.69, 9.17) is 14.2 Å². The van der Waals surface area contributed by atoms with Gasteiger partial charge in [-0.05, 0) is 57.8 Å². The lowest BCUT2D eigenvalue weighted by Crippen LogP contribution is -2.61. The maximum absolute atomic E-state index is 13.3. The van der Waals surface area contributed by atoms with E-state index in [0.717, 1.165) is 64.2 Å². The lowest BCUT2D eigenvalue weighted by molar-refractivity contribution is -0.305. The molecule has 8 unspecified atom stereocenters. The fourth-order valence-corrected chi connectivity index (χ4v) is 7.39. The van der Waals surface area contributed by atoms with Gasteiger partial charge in [-0.2, -0.15) is 0 Å². The minimum atomic E-state index is -1.65. The number of carbonyl (C=O) groups excluding carboxylic acids is 2. The average molecular weight is 964 g/mol. The van der Waals surface area contributed by atoms with Gasteiger partial charge < -0.3 is 45.1 Å². The highest BCUT2D eigenvalue weighted by atomic mass is 16.7. The molecule has 1 amide bonds. The smallest absolute Gasteiger partial charge is 0.306 e. The fourth-order valence-electron chi connectivity index (χ4n) is 7.39. The van der Waals surface area contributed by atoms with Crippen LogP contribution in [0.5, 0.6) is 0 Å². The number of unbranched alkanes of at least 4 members (excludes halogenated alkanes) is 16. The Morgan fingerprint density at radius 3 is 1.57 bits per heavy atom. The molecule has 1 saturated heterocycles. The molecule has 6 N–H and O–H groups in total. The SMILES string of the molecule is CC/C=C/C=C/C=C\C=C/C=C/CCCC(=O)OC1C(OCC(NC(=O)C(O)CCCCCC\C=C/C=C/C=C/C=C/CC)C(O)/C=C/CCCCCCCCCCCCC)OC(CO)C(O)C1O. The number of ether oxygens (including phenoxy) is 3. The highest BCUT2D eigenvalue weighted by Crippen LogP contribution is 2.26. The highest BCUT2D eigenvalue weighted by Gasteiger charge is 2.47. The molecule has 390 valence electrons. The van der Waals surface area contributed by atoms with Crippen molar-refractivity contribution in [3.63, 3.8) is 0 Å². The first-order valence-electron chi connectivity index (χ1n) is 26.4. The topological polar surface area (TPSA) is 175 Å². The molecule has 0 aromatic rings. The summed E-state index contributed by atoms with van der Waals surface area (Å²) in [5.74, 6) is -1.31. The van der Waals surface area contributed by atoms with Gasteiger partial charge in [-0.25, -0.2) is 0 Å². The fraction of sp³-hybridized carbons (Fsp3) is 0.621. The number of esters is 1. The Balaban J connectivity index is 2.86. The second-order valence-corrected chi connectivity index (χ2v) is 17.7. The van der Waals surface area contributed by atoms with Gasteiger partial charge in [0.15, 0.2) is 12.4 Å². The number of aliphatic hydroxyl groups is 5. The zero-order valence-corrected chi connectivity index (χ0v) is 42.6. The van der Waals surface area contributed by atoms with E-state index in [1.165, 1.54) is 51.4 Å². The van der Waals surface area contributed by atoms with E-state index < -0.39 is 67.4 Å². The third-order valence-electron chi connectivity index (χ3n) is 11.6. The molecule has 1 aliphatic heterocycles. The van der Waals surface area contributed by atoms with Crippen molar-refractivity contribution in [1.29, 1.82) is 0 Å². The van der Waals surface area contributed by atoms with Crippen LogP contribution < -0.4 is 5.32 Å². The Morgan fingerprint density at radius 1 is 0.580 bits per heavy atom. The molecule has 0 radical (unpaired) electrons. The summed E-state index contributed by atoms with van der Waals surface area (Å²) >= 11 is 0. The molecule has 8 atom stereocenters. The van der Waals surface area contributed by atoms with Crippen molar-refractivity contribution in [1.82, 2.24) is 5.32 Å². The summed E-state index contributed by atoms with van der Waals surface area (Å²) in [7, 11) is 0. The monoisotopic (exact) mass is 964 g/mol. The van der Waals surface area contributed by atoms with E-state index in [1.807, 2.05) is 97.2 Å². The lowest BCUT2D eigenvalue weighted by atomic mass is 9.99. The standard InChI is InChI=1S/C58H93NO10/c1-4-7-10-13-16-19-22-25-28-30-33-36-39-42-45-51(62)57(66)59-49(50(61)44-41-38-35-32-29-26-23-20-17-14-11-8-5-2)48-67-58-56(55(65)54(64)52(47-60)68-58)69-53(63)46-43-40-37-34-31-27-24-21-18-15-12-9-6-3/h7,9-10,12-13,15-16,18-19,21-22,24-25,27-28,31,34,37,41,44,49-52,54-56,58,60-62,64-65H,4-6,8,11,14,17,20,23,26,29-30,32-33,35-36,38-40,42-43,45-48H2,1-3H3,(H,59,66)/b10-7+,12-9+,16-13+,18-15+,22-19+,24-21-,28-25-,31-27-,37-34+,44-41+. The van der Waals surface area contributed by atoms with Gasteiger partial charge in [0.25, 0.3) is 0 Å². The lowest BCUT2D eigenvalue weighted by Gasteiger charge is -2.41. The number of amides is 1. The Labute approximate surface area is 417 Å². The van der Waals surface area contributed by atoms with Crippen LogP contribution in [0, 0.1) is 0 Å². The van der Waals surface area contributed by atoms with Crippen LogP contribution in [0.15, 0.2) is 122 Å². The molecule has 0 spiro atoms. The van der Waals surface area contributed by atoms with E-state index in [1.54, 1.807) is 6.08 Å². The van der Waals surface area contributed by atoms with Gasteiger partial charge in [0.05, 0.1) is 25.4 Å². The van der Waals surface area contributed by atoms with E-state index in [9.17, 15) is 35.1 Å². The van der Waals surface area contributed by atoms with Crippen LogP contribution in [-0.4, -0.2) is 99.6 Å². The van der Waals surface area contributed by atoms with Crippen molar-refractivity contribution in [2.75, 3.05) is 13.2 Å². The van der Waals surface area contributed by atoms with Crippen molar-refractivity contribution in [3.05, 3.63) is 122 Å². The maximum Gasteiger partial charge on any atom is 0.306 e. The van der Waals surface area contributed by atoms with Gasteiger partial charge >= 0.3 is 5.97 Å². The number of aliphatic hydroxyl groups excluding tert-OH is 5. The minimum Gasteiger partial charge on any atom is -0.454 e. The second kappa shape index (κ2) is 45.2. The molecule has 0 aromatic carbocycles. The zero-order valence-electron chi connectivity index (χ0n) is 42.6. The minimum absolute atomic E-state index is 0.0168. The Hall–Kier alpha value is -3.94. The molecular weight excluding hydrogens is 871 g/mol. The summed E-state index contributed by atoms with van der Waals surface area (Å²) < 4.78 is 17.4. The Morgan fingerprint density at radius 2 is 1.04 bits per heavy atom. The molecule has 0 bridgehead atoms. The zero-order chi connectivity index (χ0) is 50.4. The average Bonchev–Trinajstić information content (AvgIpc) is 3.34. The van der Waals surface area contributed by atoms with Crippen molar-refractivity contribution in [3.8, 4) is 0 Å². The number of rotatable bonds is 41. The molecule has 0 aliphatic carbocycles. The number of hydrogen-bond donors (Lipinski definition) is 6. The summed E-state index contributed by atoms with van der Waals surface area (Å²) in [6, 6.07) is -1.06. The Kier molecular flexibility index (Phi) is 41.3. The quantitative estimate of drug-likeness (QED) is 0.0150. The van der Waals surface area contributed by atoms with Gasteiger partial charge in [0, 0.05) is 6.42 Å². The first kappa shape index (κ1) is 63.1. The number of hydrogen-bond acceptors (Lipinski definition) is 10. The predicted octanol–water partition coefficient (Wildman–Crippen LogP) is 11.2. The Bertz CT molecular complexity index is 1570. The van der Waals surface area contributed by atoms with E-state index in [2.05, 4.69) is 44.3 Å². The summed E-state index contributed by atoms with van der Waals surface area (Å²) in [5.41, 5.74) is 0. The van der Waals surface area contributed by atoms with Crippen LogP contribution in [0.3, 0.4) is 0 Å². The van der Waals surface area contributed by atoms with Crippen molar-refractivity contribution >= 4 is 11.9 Å². The van der Waals surface area contributed by atoms with E-state index in [-0.39, 0.29) is 19.4 Å². The van der Waals surface area contributed by atoms with E-state index >= 15 is 0 Å². The van der Waals surface area contributed by atoms with Crippen molar-refractivity contribution in [2.24, 2.45) is 0 Å². The molecule has 0 saturated carbocycles. The van der Waals surface area contributed by atoms with Crippen molar-refractivity contribution < 1.29 is 49.3 Å².